The lowest BCUT2D eigenvalue weighted by molar-refractivity contribution is 0.219. The van der Waals surface area contributed by atoms with Gasteiger partial charge in [-0.15, -0.1) is 0 Å². The molecular weight excluding hydrogens is 384 g/mol. The summed E-state index contributed by atoms with van der Waals surface area (Å²) < 4.78 is 33.4. The molecule has 1 aromatic heterocycles. The van der Waals surface area contributed by atoms with E-state index in [2.05, 4.69) is 9.62 Å². The molecule has 3 rings (SSSR count). The van der Waals surface area contributed by atoms with Crippen molar-refractivity contribution in [3.8, 4) is 0 Å². The zero-order valence-corrected chi connectivity index (χ0v) is 16.5. The number of nitrogens with one attached hydrogen (secondary N) is 1. The molecule has 27 heavy (non-hydrogen) atoms. The third-order valence-electron chi connectivity index (χ3n) is 4.29. The Morgan fingerprint density at radius 3 is 2.37 bits per heavy atom. The van der Waals surface area contributed by atoms with Gasteiger partial charge in [0.15, 0.2) is 0 Å². The van der Waals surface area contributed by atoms with Gasteiger partial charge in [0.25, 0.3) is 0 Å². The van der Waals surface area contributed by atoms with Gasteiger partial charge in [0.2, 0.25) is 10.0 Å². The maximum absolute atomic E-state index is 12.6. The highest BCUT2D eigenvalue weighted by Crippen LogP contribution is 2.22. The van der Waals surface area contributed by atoms with Crippen molar-refractivity contribution in [2.24, 2.45) is 0 Å². The Bertz CT molecular complexity index is 943. The molecule has 3 aromatic rings. The lowest BCUT2D eigenvalue weighted by Crippen LogP contribution is -2.36. The van der Waals surface area contributed by atoms with E-state index in [4.69, 9.17) is 16.0 Å². The first kappa shape index (κ1) is 19.6. The van der Waals surface area contributed by atoms with E-state index < -0.39 is 10.0 Å². The second-order valence-electron chi connectivity index (χ2n) is 6.23. The van der Waals surface area contributed by atoms with Crippen LogP contribution in [0.3, 0.4) is 0 Å². The summed E-state index contributed by atoms with van der Waals surface area (Å²) in [5, 5.41) is 0.495. The Morgan fingerprint density at radius 2 is 1.74 bits per heavy atom. The molecule has 0 aliphatic heterocycles. The summed E-state index contributed by atoms with van der Waals surface area (Å²) >= 11 is 5.85. The van der Waals surface area contributed by atoms with E-state index in [0.29, 0.717) is 11.6 Å². The van der Waals surface area contributed by atoms with Crippen molar-refractivity contribution in [1.82, 2.24) is 9.62 Å². The molecule has 0 spiro atoms. The summed E-state index contributed by atoms with van der Waals surface area (Å²) in [6.45, 7) is 0.793. The fourth-order valence-electron chi connectivity index (χ4n) is 2.85. The van der Waals surface area contributed by atoms with Crippen molar-refractivity contribution < 1.29 is 12.8 Å². The van der Waals surface area contributed by atoms with Crippen LogP contribution in [0, 0.1) is 0 Å². The third-order valence-corrected chi connectivity index (χ3v) is 5.98. The lowest BCUT2D eigenvalue weighted by Gasteiger charge is -2.28. The van der Waals surface area contributed by atoms with Crippen LogP contribution in [0.4, 0.5) is 0 Å². The quantitative estimate of drug-likeness (QED) is 0.614. The standard InChI is InChI=1S/C20H21ClN2O3S/c1-23(15-18-8-5-13-26-18)20(16-6-3-2-4-7-16)14-22-27(24,25)19-11-9-17(21)10-12-19/h2-13,20,22H,14-15H2,1H3. The Morgan fingerprint density at radius 1 is 1.04 bits per heavy atom. The molecule has 1 atom stereocenters. The topological polar surface area (TPSA) is 62.6 Å². The molecule has 1 unspecified atom stereocenters. The molecule has 1 N–H and O–H groups in total. The van der Waals surface area contributed by atoms with Crippen LogP contribution >= 0.6 is 11.6 Å². The van der Waals surface area contributed by atoms with Crippen molar-refractivity contribution in [2.75, 3.05) is 13.6 Å². The summed E-state index contributed by atoms with van der Waals surface area (Å²) in [6, 6.07) is 19.5. The Kier molecular flexibility index (Phi) is 6.34. The predicted octanol–water partition coefficient (Wildman–Crippen LogP) is 4.08. The van der Waals surface area contributed by atoms with Gasteiger partial charge in [-0.3, -0.25) is 4.90 Å². The van der Waals surface area contributed by atoms with E-state index in [-0.39, 0.29) is 17.5 Å². The average molecular weight is 405 g/mol. The minimum absolute atomic E-state index is 0.154. The first-order chi connectivity index (χ1) is 13.0. The van der Waals surface area contributed by atoms with Crippen LogP contribution in [0.2, 0.25) is 5.02 Å². The van der Waals surface area contributed by atoms with Gasteiger partial charge in [0, 0.05) is 17.6 Å². The second-order valence-corrected chi connectivity index (χ2v) is 8.43. The first-order valence-corrected chi connectivity index (χ1v) is 10.3. The molecule has 0 saturated carbocycles. The van der Waals surface area contributed by atoms with E-state index in [1.165, 1.54) is 12.1 Å². The van der Waals surface area contributed by atoms with Crippen LogP contribution in [0.5, 0.6) is 0 Å². The van der Waals surface area contributed by atoms with E-state index in [1.54, 1.807) is 18.4 Å². The smallest absolute Gasteiger partial charge is 0.240 e. The van der Waals surface area contributed by atoms with Crippen LogP contribution in [0.15, 0.2) is 82.3 Å². The molecule has 0 radical (unpaired) electrons. The van der Waals surface area contributed by atoms with Gasteiger partial charge >= 0.3 is 0 Å². The Labute approximate surface area is 164 Å². The zero-order chi connectivity index (χ0) is 19.3. The van der Waals surface area contributed by atoms with Crippen molar-refractivity contribution in [3.63, 3.8) is 0 Å². The molecule has 0 aliphatic rings. The normalized spacial score (nSPS) is 13.0. The number of hydrogen-bond acceptors (Lipinski definition) is 4. The van der Waals surface area contributed by atoms with Crippen molar-refractivity contribution in [3.05, 3.63) is 89.3 Å². The fraction of sp³-hybridized carbons (Fsp3) is 0.200. The highest BCUT2D eigenvalue weighted by molar-refractivity contribution is 7.89. The van der Waals surface area contributed by atoms with Gasteiger partial charge in [-0.25, -0.2) is 13.1 Å². The molecule has 142 valence electrons. The van der Waals surface area contributed by atoms with Crippen molar-refractivity contribution >= 4 is 21.6 Å². The maximum Gasteiger partial charge on any atom is 0.240 e. The molecule has 0 bridgehead atoms. The number of hydrogen-bond donors (Lipinski definition) is 1. The summed E-state index contributed by atoms with van der Waals surface area (Å²) in [7, 11) is -1.69. The fourth-order valence-corrected chi connectivity index (χ4v) is 4.01. The van der Waals surface area contributed by atoms with Crippen LogP contribution in [-0.2, 0) is 16.6 Å². The third kappa shape index (κ3) is 5.20. The van der Waals surface area contributed by atoms with E-state index in [9.17, 15) is 8.42 Å². The monoisotopic (exact) mass is 404 g/mol. The van der Waals surface area contributed by atoms with Crippen LogP contribution in [0.1, 0.15) is 17.4 Å². The summed E-state index contributed by atoms with van der Waals surface area (Å²) in [6.07, 6.45) is 1.63. The minimum Gasteiger partial charge on any atom is -0.468 e. The highest BCUT2D eigenvalue weighted by Gasteiger charge is 2.22. The maximum atomic E-state index is 12.6. The first-order valence-electron chi connectivity index (χ1n) is 8.48. The van der Waals surface area contributed by atoms with Gasteiger partial charge in [0.1, 0.15) is 5.76 Å². The van der Waals surface area contributed by atoms with Crippen molar-refractivity contribution in [1.29, 1.82) is 0 Å². The summed E-state index contributed by atoms with van der Waals surface area (Å²) in [4.78, 5) is 2.24. The van der Waals surface area contributed by atoms with E-state index >= 15 is 0 Å². The number of nitrogens with zero attached hydrogens (tertiary/aromatic N) is 1. The van der Waals surface area contributed by atoms with Crippen LogP contribution in [0.25, 0.3) is 0 Å². The Hall–Kier alpha value is -2.12. The molecule has 5 nitrogen and oxygen atoms in total. The molecule has 7 heteroatoms. The SMILES string of the molecule is CN(Cc1ccco1)C(CNS(=O)(=O)c1ccc(Cl)cc1)c1ccccc1. The van der Waals surface area contributed by atoms with Gasteiger partial charge in [0.05, 0.1) is 17.7 Å². The molecule has 0 fully saturated rings. The number of rotatable bonds is 8. The largest absolute Gasteiger partial charge is 0.468 e. The average Bonchev–Trinajstić information content (AvgIpc) is 3.16. The van der Waals surface area contributed by atoms with Crippen molar-refractivity contribution in [2.45, 2.75) is 17.5 Å². The minimum atomic E-state index is -3.63. The van der Waals surface area contributed by atoms with E-state index in [0.717, 1.165) is 11.3 Å². The number of likely N-dealkylation sites (N-methyl/N-ethyl adjacent to an activating group) is 1. The number of benzene rings is 2. The van der Waals surface area contributed by atoms with Gasteiger partial charge in [-0.2, -0.15) is 0 Å². The van der Waals surface area contributed by atoms with Gasteiger partial charge < -0.3 is 4.42 Å². The van der Waals surface area contributed by atoms with E-state index in [1.807, 2.05) is 49.5 Å². The Balaban J connectivity index is 1.78. The lowest BCUT2D eigenvalue weighted by atomic mass is 10.1. The molecule has 0 amide bonds. The number of furan rings is 1. The zero-order valence-electron chi connectivity index (χ0n) is 14.9. The molecular formula is C20H21ClN2O3S. The van der Waals surface area contributed by atoms with Gasteiger partial charge in [-0.1, -0.05) is 41.9 Å². The highest BCUT2D eigenvalue weighted by atomic mass is 35.5. The predicted molar refractivity (Wildman–Crippen MR) is 106 cm³/mol. The molecule has 2 aromatic carbocycles. The van der Waals surface area contributed by atoms with Crippen LogP contribution < -0.4 is 4.72 Å². The summed E-state index contributed by atoms with van der Waals surface area (Å²) in [5.74, 6) is 0.819. The number of sulfonamides is 1. The molecule has 1 heterocycles. The molecule has 0 saturated heterocycles. The summed E-state index contributed by atoms with van der Waals surface area (Å²) in [5.41, 5.74) is 1.02. The van der Waals surface area contributed by atoms with Gasteiger partial charge in [-0.05, 0) is 49.0 Å². The number of halogens is 1. The molecule has 0 aliphatic carbocycles. The van der Waals surface area contributed by atoms with Crippen LogP contribution in [-0.4, -0.2) is 26.9 Å². The second kappa shape index (κ2) is 8.71.